The molecule has 0 aromatic carbocycles. The van der Waals surface area contributed by atoms with E-state index in [1.807, 2.05) is 0 Å². The van der Waals surface area contributed by atoms with Crippen molar-refractivity contribution in [3.05, 3.63) is 29.7 Å². The third kappa shape index (κ3) is 22.6. The molecular weight excluding hydrogens is 550 g/mol. The van der Waals surface area contributed by atoms with Crippen LogP contribution in [0.4, 0.5) is 0 Å². The van der Waals surface area contributed by atoms with E-state index in [1.54, 1.807) is 0 Å². The van der Waals surface area contributed by atoms with E-state index in [0.717, 1.165) is 30.1 Å². The number of nitrogens with zero attached hydrogens (tertiary/aromatic N) is 1. The number of aliphatic hydroxyl groups excluding tert-OH is 1. The summed E-state index contributed by atoms with van der Waals surface area (Å²) in [5.74, 6) is 3.79. The van der Waals surface area contributed by atoms with E-state index in [-0.39, 0.29) is 63.8 Å². The Morgan fingerprint density at radius 2 is 0.842 bits per heavy atom. The van der Waals surface area contributed by atoms with Crippen molar-refractivity contribution >= 4 is 0 Å². The molecule has 4 atom stereocenters. The van der Waals surface area contributed by atoms with Crippen LogP contribution in [0.5, 0.6) is 0 Å². The number of aliphatic hydroxyl groups is 1. The number of hydrogen-bond acceptors (Lipinski definition) is 2. The summed E-state index contributed by atoms with van der Waals surface area (Å²) < 4.78 is 0. The van der Waals surface area contributed by atoms with Gasteiger partial charge in [-0.2, -0.15) is 0 Å². The Kier molecular flexibility index (Phi) is 41.6. The largest absolute Gasteiger partial charge is 2.00 e. The molecule has 38 heavy (non-hydrogen) atoms. The number of rotatable bonds is 10. The molecule has 2 nitrogen and oxygen atoms in total. The van der Waals surface area contributed by atoms with Crippen molar-refractivity contribution in [2.45, 2.75) is 142 Å². The first kappa shape index (κ1) is 48.7. The van der Waals surface area contributed by atoms with Gasteiger partial charge in [-0.25, -0.2) is 0 Å². The quantitative estimate of drug-likeness (QED) is 0.149. The maximum absolute atomic E-state index is 8.90. The fourth-order valence-corrected chi connectivity index (χ4v) is 6.48. The normalized spacial score (nSPS) is 24.9. The summed E-state index contributed by atoms with van der Waals surface area (Å²) in [5.41, 5.74) is 0. The molecule has 0 aromatic rings. The molecule has 0 amide bonds. The Labute approximate surface area is 265 Å². The summed E-state index contributed by atoms with van der Waals surface area (Å²) in [5, 5.41) is 8.90. The van der Waals surface area contributed by atoms with E-state index in [2.05, 4.69) is 18.7 Å². The van der Waals surface area contributed by atoms with Crippen molar-refractivity contribution < 1.29 is 39.2 Å². The second-order valence-corrected chi connectivity index (χ2v) is 11.8. The first-order chi connectivity index (χ1) is 15.7. The molecule has 0 bridgehead atoms. The van der Waals surface area contributed by atoms with Crippen molar-refractivity contribution in [1.82, 2.24) is 4.90 Å². The van der Waals surface area contributed by atoms with Gasteiger partial charge in [0.25, 0.3) is 0 Å². The molecule has 0 heterocycles. The summed E-state index contributed by atoms with van der Waals surface area (Å²) >= 11 is 0. The molecule has 234 valence electrons. The van der Waals surface area contributed by atoms with Crippen molar-refractivity contribution in [2.24, 2.45) is 23.7 Å². The van der Waals surface area contributed by atoms with Crippen LogP contribution in [0.1, 0.15) is 142 Å². The van der Waals surface area contributed by atoms with Crippen LogP contribution >= 0.6 is 0 Å². The average molecular weight is 622 g/mol. The minimum absolute atomic E-state index is 0. The third-order valence-electron chi connectivity index (χ3n) is 8.95. The van der Waals surface area contributed by atoms with Gasteiger partial charge < -0.3 is 39.7 Å². The predicted octanol–water partition coefficient (Wildman–Crippen LogP) is 10.4. The molecule has 4 heteroatoms. The van der Waals surface area contributed by atoms with Crippen LogP contribution in [0.25, 0.3) is 0 Å². The zero-order valence-electron chi connectivity index (χ0n) is 26.9. The third-order valence-corrected chi connectivity index (χ3v) is 8.95. The Bertz CT molecular complexity index is 381. The van der Waals surface area contributed by atoms with Crippen molar-refractivity contribution in [1.29, 1.82) is 0 Å². The van der Waals surface area contributed by atoms with E-state index in [9.17, 15) is 0 Å². The summed E-state index contributed by atoms with van der Waals surface area (Å²) in [6.45, 7) is 9.29. The summed E-state index contributed by atoms with van der Waals surface area (Å²) in [4.78, 5) is 2.82. The van der Waals surface area contributed by atoms with Gasteiger partial charge in [-0.05, 0) is 55.9 Å². The Hall–Kier alpha value is 0.959. The molecule has 4 saturated carbocycles. The van der Waals surface area contributed by atoms with Crippen LogP contribution in [0.2, 0.25) is 0 Å². The molecule has 1 N–H and O–H groups in total. The average Bonchev–Trinajstić information content (AvgIpc) is 3.61. The van der Waals surface area contributed by atoms with Crippen LogP contribution in [0.15, 0.2) is 0 Å². The van der Waals surface area contributed by atoms with Gasteiger partial charge in [0, 0.05) is 19.7 Å². The van der Waals surface area contributed by atoms with E-state index in [4.69, 9.17) is 5.11 Å². The Morgan fingerprint density at radius 1 is 0.500 bits per heavy atom. The van der Waals surface area contributed by atoms with E-state index in [0.29, 0.717) is 6.61 Å². The molecule has 0 radical (unpaired) electrons. The van der Waals surface area contributed by atoms with Gasteiger partial charge >= 0.3 is 34.1 Å². The predicted molar refractivity (Wildman–Crippen MR) is 167 cm³/mol. The van der Waals surface area contributed by atoms with E-state index < -0.39 is 0 Å². The van der Waals surface area contributed by atoms with Crippen LogP contribution in [0, 0.1) is 53.4 Å². The van der Waals surface area contributed by atoms with Crippen molar-refractivity contribution in [3.63, 3.8) is 0 Å². The van der Waals surface area contributed by atoms with Crippen LogP contribution in [0.3, 0.4) is 0 Å². The maximum atomic E-state index is 8.90. The summed E-state index contributed by atoms with van der Waals surface area (Å²) in [6, 6.07) is 0. The summed E-state index contributed by atoms with van der Waals surface area (Å²) in [6.07, 6.45) is 28.5. The monoisotopic (exact) mass is 621 g/mol. The zero-order chi connectivity index (χ0) is 22.9. The maximum Gasteiger partial charge on any atom is 2.00 e. The molecule has 0 aliphatic heterocycles. The van der Waals surface area contributed by atoms with Gasteiger partial charge in [-0.15, -0.1) is 0 Å². The number of unbranched alkanes of at least 4 members (excludes halogenated alkanes) is 3. The topological polar surface area (TPSA) is 23.5 Å². The Balaban J connectivity index is -0.000000191. The smallest absolute Gasteiger partial charge is 0.396 e. The first-order valence-electron chi connectivity index (χ1n) is 15.0. The fraction of sp³-hybridized carbons (Fsp3) is 0.882. The van der Waals surface area contributed by atoms with Crippen LogP contribution in [-0.4, -0.2) is 36.2 Å². The molecule has 4 aliphatic rings. The van der Waals surface area contributed by atoms with Gasteiger partial charge in [-0.3, -0.25) is 0 Å². The van der Waals surface area contributed by atoms with Crippen molar-refractivity contribution in [3.8, 4) is 0 Å². The SMILES string of the molecule is C1CCCC1.C1CCCC1.CC1CCCC1CN(CCCCCCO)CC1CCCC1C.[CH3-].[CH3-].[CH3-].[CH3-].[Fe+2].[Fe+2]. The van der Waals surface area contributed by atoms with Gasteiger partial charge in [0.15, 0.2) is 0 Å². The minimum atomic E-state index is 0. The second kappa shape index (κ2) is 32.5. The fourth-order valence-electron chi connectivity index (χ4n) is 6.48. The van der Waals surface area contributed by atoms with Gasteiger partial charge in [-0.1, -0.05) is 117 Å². The molecular formula is C34H71Fe2NO. The molecule has 4 fully saturated rings. The van der Waals surface area contributed by atoms with Gasteiger partial charge in [0.2, 0.25) is 0 Å². The molecule has 4 unspecified atom stereocenters. The molecule has 0 saturated heterocycles. The zero-order valence-corrected chi connectivity index (χ0v) is 29.1. The first-order valence-corrected chi connectivity index (χ1v) is 15.0. The number of hydrogen-bond donors (Lipinski definition) is 1. The van der Waals surface area contributed by atoms with E-state index >= 15 is 0 Å². The van der Waals surface area contributed by atoms with Crippen LogP contribution < -0.4 is 0 Å². The van der Waals surface area contributed by atoms with E-state index in [1.165, 1.54) is 142 Å². The minimum Gasteiger partial charge on any atom is -0.396 e. The Morgan fingerprint density at radius 3 is 1.13 bits per heavy atom. The molecule has 4 aliphatic carbocycles. The molecule has 0 aromatic heterocycles. The molecule has 4 rings (SSSR count). The van der Waals surface area contributed by atoms with Crippen LogP contribution in [-0.2, 0) is 34.1 Å². The summed E-state index contributed by atoms with van der Waals surface area (Å²) in [7, 11) is 0. The second-order valence-electron chi connectivity index (χ2n) is 11.8. The molecule has 0 spiro atoms. The van der Waals surface area contributed by atoms with Crippen molar-refractivity contribution in [2.75, 3.05) is 26.2 Å². The standard InChI is InChI=1S/C20H39NO.2C5H10.4CH3.2Fe/c1-17-9-7-11-19(17)15-21(13-5-3-4-6-14-22)16-20-12-8-10-18(20)2;2*1-2-4-5-3-1;;;;;;/h17-20,22H,3-16H2,1-2H3;2*1-5H2;4*1H3;;/q;;;4*-1;2*+2. The van der Waals surface area contributed by atoms with Gasteiger partial charge in [0.05, 0.1) is 0 Å². The van der Waals surface area contributed by atoms with Gasteiger partial charge in [0.1, 0.15) is 0 Å².